The molecule has 0 aromatic heterocycles. The van der Waals surface area contributed by atoms with E-state index in [-0.39, 0.29) is 31.3 Å². The average molecular weight is 501 g/mol. The van der Waals surface area contributed by atoms with Gasteiger partial charge in [0.2, 0.25) is 0 Å². The van der Waals surface area contributed by atoms with Crippen LogP contribution in [0, 0.1) is 11.3 Å². The van der Waals surface area contributed by atoms with Gasteiger partial charge in [-0.15, -0.1) is 0 Å². The molecule has 0 aliphatic carbocycles. The summed E-state index contributed by atoms with van der Waals surface area (Å²) in [4.78, 5) is 12.6. The second-order valence-electron chi connectivity index (χ2n) is 6.19. The molecule has 0 saturated heterocycles. The van der Waals surface area contributed by atoms with E-state index in [0.29, 0.717) is 10.6 Å². The first kappa shape index (κ1) is 22.6. The van der Waals surface area contributed by atoms with E-state index in [1.807, 2.05) is 0 Å². The Morgan fingerprint density at radius 2 is 1.53 bits per heavy atom. The lowest BCUT2D eigenvalue weighted by Crippen LogP contribution is -2.13. The number of phenolic OH excluding ortho intramolecular Hbond substituents is 1. The molecule has 1 unspecified atom stereocenters. The second kappa shape index (κ2) is 9.34. The van der Waals surface area contributed by atoms with Crippen molar-refractivity contribution in [2.24, 2.45) is 0 Å². The van der Waals surface area contributed by atoms with Gasteiger partial charge >= 0.3 is 0 Å². The van der Waals surface area contributed by atoms with Crippen LogP contribution in [0.3, 0.4) is 0 Å². The van der Waals surface area contributed by atoms with Crippen LogP contribution in [0.15, 0.2) is 48.5 Å². The van der Waals surface area contributed by atoms with E-state index in [1.165, 1.54) is 6.07 Å². The fourth-order valence-corrected chi connectivity index (χ4v) is 3.72. The van der Waals surface area contributed by atoms with Gasteiger partial charge in [0.25, 0.3) is 5.91 Å². The van der Waals surface area contributed by atoms with E-state index in [0.717, 1.165) is 5.56 Å². The Labute approximate surface area is 197 Å². The Kier molecular flexibility index (Phi) is 7.02. The van der Waals surface area contributed by atoms with Gasteiger partial charge in [-0.05, 0) is 41.5 Å². The van der Waals surface area contributed by atoms with Crippen molar-refractivity contribution in [3.8, 4) is 11.8 Å². The summed E-state index contributed by atoms with van der Waals surface area (Å²) in [6, 6.07) is 15.2. The zero-order valence-electron chi connectivity index (χ0n) is 14.9. The van der Waals surface area contributed by atoms with Gasteiger partial charge in [0.05, 0.1) is 38.3 Å². The summed E-state index contributed by atoms with van der Waals surface area (Å²) in [6.45, 7) is 0. The minimum Gasteiger partial charge on any atom is -0.505 e. The normalized spacial score (nSPS) is 11.6. The number of nitrogens with one attached hydrogen (secondary N) is 1. The summed E-state index contributed by atoms with van der Waals surface area (Å²) in [7, 11) is 0. The largest absolute Gasteiger partial charge is 0.505 e. The third-order valence-electron chi connectivity index (χ3n) is 4.29. The molecule has 2 N–H and O–H groups in total. The minimum absolute atomic E-state index is 0.0193. The van der Waals surface area contributed by atoms with Gasteiger partial charge in [0.1, 0.15) is 10.8 Å². The molecule has 3 rings (SSSR count). The highest BCUT2D eigenvalue weighted by Crippen LogP contribution is 2.40. The van der Waals surface area contributed by atoms with Crippen LogP contribution in [0.4, 0.5) is 5.69 Å². The number of nitrogens with zero attached hydrogens (tertiary/aromatic N) is 1. The molecule has 3 aromatic carbocycles. The lowest BCUT2D eigenvalue weighted by Gasteiger charge is -2.14. The average Bonchev–Trinajstić information content (AvgIpc) is 2.72. The van der Waals surface area contributed by atoms with Crippen molar-refractivity contribution >= 4 is 69.6 Å². The molecule has 3 aromatic rings. The molecule has 30 heavy (non-hydrogen) atoms. The zero-order chi connectivity index (χ0) is 22.0. The van der Waals surface area contributed by atoms with E-state index in [2.05, 4.69) is 11.4 Å². The van der Waals surface area contributed by atoms with Crippen LogP contribution in [-0.2, 0) is 0 Å². The van der Waals surface area contributed by atoms with Gasteiger partial charge in [-0.25, -0.2) is 0 Å². The maximum Gasteiger partial charge on any atom is 0.259 e. The highest BCUT2D eigenvalue weighted by atomic mass is 35.5. The van der Waals surface area contributed by atoms with Crippen LogP contribution >= 0.6 is 58.0 Å². The zero-order valence-corrected chi connectivity index (χ0v) is 18.7. The summed E-state index contributed by atoms with van der Waals surface area (Å²) < 4.78 is 0. The molecule has 152 valence electrons. The highest BCUT2D eigenvalue weighted by Gasteiger charge is 2.21. The van der Waals surface area contributed by atoms with Crippen molar-refractivity contribution in [1.82, 2.24) is 0 Å². The number of aromatic hydroxyl groups is 1. The number of halogens is 5. The number of amides is 1. The molecule has 0 fully saturated rings. The maximum absolute atomic E-state index is 12.6. The van der Waals surface area contributed by atoms with E-state index in [4.69, 9.17) is 58.0 Å². The number of carbonyl (C=O) groups is 1. The first-order chi connectivity index (χ1) is 14.2. The molecule has 0 aliphatic heterocycles. The molecule has 1 amide bonds. The Balaban J connectivity index is 1.88. The van der Waals surface area contributed by atoms with E-state index in [1.54, 1.807) is 42.5 Å². The quantitative estimate of drug-likeness (QED) is 0.363. The Bertz CT molecular complexity index is 1170. The van der Waals surface area contributed by atoms with E-state index < -0.39 is 17.6 Å². The topological polar surface area (TPSA) is 73.1 Å². The molecule has 9 heteroatoms. The molecule has 0 aliphatic rings. The first-order valence-electron chi connectivity index (χ1n) is 8.35. The van der Waals surface area contributed by atoms with Crippen molar-refractivity contribution in [2.45, 2.75) is 5.92 Å². The minimum atomic E-state index is -0.683. The number of anilines is 1. The van der Waals surface area contributed by atoms with Crippen LogP contribution < -0.4 is 5.32 Å². The molecule has 1 atom stereocenters. The number of hydrogen-bond donors (Lipinski definition) is 2. The van der Waals surface area contributed by atoms with Gasteiger partial charge in [0.15, 0.2) is 0 Å². The predicted molar refractivity (Wildman–Crippen MR) is 121 cm³/mol. The summed E-state index contributed by atoms with van der Waals surface area (Å²) in [6.07, 6.45) is 0. The van der Waals surface area contributed by atoms with Crippen LogP contribution in [0.25, 0.3) is 0 Å². The molecule has 0 heterocycles. The Morgan fingerprint density at radius 1 is 0.900 bits per heavy atom. The molecule has 4 nitrogen and oxygen atoms in total. The van der Waals surface area contributed by atoms with Gasteiger partial charge in [-0.3, -0.25) is 4.79 Å². The van der Waals surface area contributed by atoms with Crippen LogP contribution in [0.2, 0.25) is 25.1 Å². The molecule has 0 saturated carbocycles. The molecular formula is C21H11Cl5N2O2. The third kappa shape index (κ3) is 4.62. The summed E-state index contributed by atoms with van der Waals surface area (Å²) in [5, 5.41) is 22.8. The van der Waals surface area contributed by atoms with E-state index >= 15 is 0 Å². The van der Waals surface area contributed by atoms with Crippen molar-refractivity contribution in [2.75, 3.05) is 5.32 Å². The maximum atomic E-state index is 12.6. The summed E-state index contributed by atoms with van der Waals surface area (Å²) in [5.74, 6) is -1.75. The number of rotatable bonds is 4. The smallest absolute Gasteiger partial charge is 0.259 e. The Morgan fingerprint density at radius 3 is 2.13 bits per heavy atom. The van der Waals surface area contributed by atoms with Crippen LogP contribution in [0.1, 0.15) is 27.4 Å². The number of benzene rings is 3. The fourth-order valence-electron chi connectivity index (χ4n) is 2.76. The highest BCUT2D eigenvalue weighted by molar-refractivity contribution is 6.49. The van der Waals surface area contributed by atoms with Crippen LogP contribution in [0.5, 0.6) is 5.75 Å². The number of phenols is 1. The van der Waals surface area contributed by atoms with Gasteiger partial charge < -0.3 is 10.4 Å². The fraction of sp³-hybridized carbons (Fsp3) is 0.0476. The third-order valence-corrected chi connectivity index (χ3v) is 6.11. The number of hydrogen-bond acceptors (Lipinski definition) is 3. The number of nitriles is 1. The van der Waals surface area contributed by atoms with Gasteiger partial charge in [0, 0.05) is 5.02 Å². The van der Waals surface area contributed by atoms with Crippen molar-refractivity contribution in [3.63, 3.8) is 0 Å². The summed E-state index contributed by atoms with van der Waals surface area (Å²) in [5.41, 5.74) is 1.51. The van der Waals surface area contributed by atoms with Gasteiger partial charge in [-0.2, -0.15) is 5.26 Å². The van der Waals surface area contributed by atoms with Gasteiger partial charge in [-0.1, -0.05) is 76.2 Å². The monoisotopic (exact) mass is 498 g/mol. The predicted octanol–water partition coefficient (Wildman–Crippen LogP) is 7.57. The molecule has 0 bridgehead atoms. The lowest BCUT2D eigenvalue weighted by molar-refractivity contribution is 0.102. The van der Waals surface area contributed by atoms with Crippen molar-refractivity contribution < 1.29 is 9.90 Å². The van der Waals surface area contributed by atoms with E-state index in [9.17, 15) is 15.2 Å². The number of carbonyl (C=O) groups excluding carboxylic acids is 1. The van der Waals surface area contributed by atoms with Crippen molar-refractivity contribution in [1.29, 1.82) is 5.26 Å². The molecular weight excluding hydrogens is 490 g/mol. The Hall–Kier alpha value is -2.13. The standard InChI is InChI=1S/C21H11Cl5N2O2/c22-12-4-1-10(2-5-12)14(9-27)11-3-6-17(15(23)7-11)28-21(30)13-8-16(24)18(25)19(26)20(13)29/h1-8,14,29H,(H,28,30). The SMILES string of the molecule is N#CC(c1ccc(Cl)cc1)c1ccc(NC(=O)c2cc(Cl)c(Cl)c(Cl)c2O)c(Cl)c1. The summed E-state index contributed by atoms with van der Waals surface area (Å²) >= 11 is 29.9. The molecule has 0 spiro atoms. The van der Waals surface area contributed by atoms with Crippen LogP contribution in [-0.4, -0.2) is 11.0 Å². The first-order valence-corrected chi connectivity index (χ1v) is 10.2. The lowest BCUT2D eigenvalue weighted by atomic mass is 9.92. The molecule has 0 radical (unpaired) electrons. The van der Waals surface area contributed by atoms with Crippen molar-refractivity contribution in [3.05, 3.63) is 90.3 Å². The second-order valence-corrected chi connectivity index (χ2v) is 8.20.